The second-order valence-corrected chi connectivity index (χ2v) is 5.82. The molecule has 2 fully saturated rings. The lowest BCUT2D eigenvalue weighted by Crippen LogP contribution is -2.51. The number of likely N-dealkylation sites (tertiary alicyclic amines) is 1. The lowest BCUT2D eigenvalue weighted by atomic mass is 9.76. The minimum Gasteiger partial charge on any atom is -0.466 e. The van der Waals surface area contributed by atoms with Gasteiger partial charge in [0.1, 0.15) is 0 Å². The van der Waals surface area contributed by atoms with E-state index >= 15 is 0 Å². The Morgan fingerprint density at radius 1 is 1.40 bits per heavy atom. The molecule has 2 aliphatic rings. The van der Waals surface area contributed by atoms with Crippen LogP contribution in [0.5, 0.6) is 0 Å². The first-order valence-electron chi connectivity index (χ1n) is 7.24. The third-order valence-electron chi connectivity index (χ3n) is 4.32. The standard InChI is InChI=1S/C16H21NO3/c1-2-20-15(18)14-9-17(10-16(14)11-19-12-16)8-13-6-4-3-5-7-13/h3-7,14H,2,8-12H2,1H3. The van der Waals surface area contributed by atoms with E-state index in [0.717, 1.165) is 19.6 Å². The van der Waals surface area contributed by atoms with Gasteiger partial charge in [-0.15, -0.1) is 0 Å². The van der Waals surface area contributed by atoms with Crippen LogP contribution in [0.15, 0.2) is 30.3 Å². The summed E-state index contributed by atoms with van der Waals surface area (Å²) in [6.07, 6.45) is 0. The Morgan fingerprint density at radius 3 is 2.75 bits per heavy atom. The van der Waals surface area contributed by atoms with Crippen LogP contribution in [-0.2, 0) is 20.8 Å². The highest BCUT2D eigenvalue weighted by Crippen LogP contribution is 2.43. The van der Waals surface area contributed by atoms with Gasteiger partial charge in [0.15, 0.2) is 0 Å². The lowest BCUT2D eigenvalue weighted by molar-refractivity contribution is -0.169. The summed E-state index contributed by atoms with van der Waals surface area (Å²) >= 11 is 0. The van der Waals surface area contributed by atoms with E-state index in [0.29, 0.717) is 19.8 Å². The number of rotatable bonds is 4. The molecule has 1 spiro atoms. The lowest BCUT2D eigenvalue weighted by Gasteiger charge is -2.41. The molecular formula is C16H21NO3. The van der Waals surface area contributed by atoms with Crippen LogP contribution in [-0.4, -0.2) is 43.8 Å². The van der Waals surface area contributed by atoms with Gasteiger partial charge in [0.05, 0.1) is 25.7 Å². The Hall–Kier alpha value is -1.39. The zero-order valence-electron chi connectivity index (χ0n) is 11.9. The summed E-state index contributed by atoms with van der Waals surface area (Å²) in [4.78, 5) is 14.5. The average Bonchev–Trinajstić information content (AvgIpc) is 2.80. The van der Waals surface area contributed by atoms with Crippen molar-refractivity contribution < 1.29 is 14.3 Å². The van der Waals surface area contributed by atoms with Crippen LogP contribution in [0.2, 0.25) is 0 Å². The first-order chi connectivity index (χ1) is 9.73. The molecule has 0 amide bonds. The summed E-state index contributed by atoms with van der Waals surface area (Å²) in [5, 5.41) is 0. The smallest absolute Gasteiger partial charge is 0.311 e. The van der Waals surface area contributed by atoms with Gasteiger partial charge in [-0.3, -0.25) is 9.69 Å². The summed E-state index contributed by atoms with van der Waals surface area (Å²) in [6.45, 7) is 6.26. The van der Waals surface area contributed by atoms with Gasteiger partial charge in [-0.05, 0) is 12.5 Å². The SMILES string of the molecule is CCOC(=O)C1CN(Cc2ccccc2)CC12COC2. The second-order valence-electron chi connectivity index (χ2n) is 5.82. The average molecular weight is 275 g/mol. The monoisotopic (exact) mass is 275 g/mol. The van der Waals surface area contributed by atoms with E-state index in [1.807, 2.05) is 13.0 Å². The topological polar surface area (TPSA) is 38.8 Å². The van der Waals surface area contributed by atoms with Crippen molar-refractivity contribution in [2.45, 2.75) is 13.5 Å². The number of ether oxygens (including phenoxy) is 2. The van der Waals surface area contributed by atoms with Gasteiger partial charge in [-0.1, -0.05) is 30.3 Å². The maximum atomic E-state index is 12.1. The molecule has 0 bridgehead atoms. The molecule has 108 valence electrons. The molecule has 2 saturated heterocycles. The molecule has 20 heavy (non-hydrogen) atoms. The number of hydrogen-bond acceptors (Lipinski definition) is 4. The number of nitrogens with zero attached hydrogens (tertiary/aromatic N) is 1. The predicted octanol–water partition coefficient (Wildman–Crippen LogP) is 1.70. The Kier molecular flexibility index (Phi) is 3.76. The summed E-state index contributed by atoms with van der Waals surface area (Å²) in [5.41, 5.74) is 1.27. The van der Waals surface area contributed by atoms with Crippen LogP contribution in [0.3, 0.4) is 0 Å². The Labute approximate surface area is 119 Å². The third-order valence-corrected chi connectivity index (χ3v) is 4.32. The predicted molar refractivity (Wildman–Crippen MR) is 75.1 cm³/mol. The van der Waals surface area contributed by atoms with Gasteiger partial charge in [0, 0.05) is 25.0 Å². The van der Waals surface area contributed by atoms with Gasteiger partial charge in [-0.25, -0.2) is 0 Å². The number of esters is 1. The number of benzene rings is 1. The zero-order chi connectivity index (χ0) is 14.0. The van der Waals surface area contributed by atoms with Crippen molar-refractivity contribution in [1.82, 2.24) is 4.90 Å². The van der Waals surface area contributed by atoms with Crippen molar-refractivity contribution in [3.05, 3.63) is 35.9 Å². The van der Waals surface area contributed by atoms with Crippen LogP contribution < -0.4 is 0 Å². The second kappa shape index (κ2) is 5.54. The molecule has 0 N–H and O–H groups in total. The Bertz CT molecular complexity index is 470. The fourth-order valence-corrected chi connectivity index (χ4v) is 3.26. The Morgan fingerprint density at radius 2 is 2.15 bits per heavy atom. The molecule has 1 aromatic carbocycles. The van der Waals surface area contributed by atoms with Gasteiger partial charge < -0.3 is 9.47 Å². The first-order valence-corrected chi connectivity index (χ1v) is 7.24. The Balaban J connectivity index is 1.69. The summed E-state index contributed by atoms with van der Waals surface area (Å²) in [6, 6.07) is 10.4. The number of carbonyl (C=O) groups excluding carboxylic acids is 1. The van der Waals surface area contributed by atoms with Crippen LogP contribution >= 0.6 is 0 Å². The fourth-order valence-electron chi connectivity index (χ4n) is 3.26. The molecule has 3 rings (SSSR count). The van der Waals surface area contributed by atoms with E-state index in [1.165, 1.54) is 5.56 Å². The van der Waals surface area contributed by atoms with Crippen molar-refractivity contribution in [3.63, 3.8) is 0 Å². The molecule has 1 aromatic rings. The van der Waals surface area contributed by atoms with E-state index in [4.69, 9.17) is 9.47 Å². The molecule has 0 saturated carbocycles. The molecule has 1 unspecified atom stereocenters. The van der Waals surface area contributed by atoms with E-state index < -0.39 is 0 Å². The van der Waals surface area contributed by atoms with Gasteiger partial charge in [0.25, 0.3) is 0 Å². The van der Waals surface area contributed by atoms with Crippen molar-refractivity contribution in [3.8, 4) is 0 Å². The van der Waals surface area contributed by atoms with E-state index in [1.54, 1.807) is 0 Å². The number of carbonyl (C=O) groups is 1. The zero-order valence-corrected chi connectivity index (χ0v) is 11.9. The van der Waals surface area contributed by atoms with Crippen molar-refractivity contribution in [1.29, 1.82) is 0 Å². The summed E-state index contributed by atoms with van der Waals surface area (Å²) in [5.74, 6) is -0.105. The van der Waals surface area contributed by atoms with Crippen LogP contribution in [0.4, 0.5) is 0 Å². The highest BCUT2D eigenvalue weighted by molar-refractivity contribution is 5.74. The molecule has 0 radical (unpaired) electrons. The van der Waals surface area contributed by atoms with E-state index in [2.05, 4.69) is 29.2 Å². The molecule has 0 aliphatic carbocycles. The molecule has 2 aliphatic heterocycles. The van der Waals surface area contributed by atoms with Gasteiger partial charge in [-0.2, -0.15) is 0 Å². The minimum atomic E-state index is -0.0636. The third kappa shape index (κ3) is 2.45. The van der Waals surface area contributed by atoms with Crippen molar-refractivity contribution in [2.24, 2.45) is 11.3 Å². The molecule has 1 atom stereocenters. The van der Waals surface area contributed by atoms with Crippen LogP contribution in [0.25, 0.3) is 0 Å². The fraction of sp³-hybridized carbons (Fsp3) is 0.562. The van der Waals surface area contributed by atoms with E-state index in [-0.39, 0.29) is 17.3 Å². The maximum Gasteiger partial charge on any atom is 0.311 e. The molecule has 4 nitrogen and oxygen atoms in total. The minimum absolute atomic E-state index is 0.0129. The normalized spacial score (nSPS) is 24.6. The van der Waals surface area contributed by atoms with Crippen molar-refractivity contribution in [2.75, 3.05) is 32.9 Å². The molecule has 0 aromatic heterocycles. The van der Waals surface area contributed by atoms with E-state index in [9.17, 15) is 4.79 Å². The summed E-state index contributed by atoms with van der Waals surface area (Å²) in [7, 11) is 0. The quantitative estimate of drug-likeness (QED) is 0.784. The van der Waals surface area contributed by atoms with Gasteiger partial charge in [0.2, 0.25) is 0 Å². The maximum absolute atomic E-state index is 12.1. The largest absolute Gasteiger partial charge is 0.466 e. The molecular weight excluding hydrogens is 254 g/mol. The van der Waals surface area contributed by atoms with Crippen LogP contribution in [0.1, 0.15) is 12.5 Å². The van der Waals surface area contributed by atoms with Crippen molar-refractivity contribution >= 4 is 5.97 Å². The first kappa shape index (κ1) is 13.6. The highest BCUT2D eigenvalue weighted by atomic mass is 16.5. The molecule has 2 heterocycles. The summed E-state index contributed by atoms with van der Waals surface area (Å²) < 4.78 is 10.6. The number of hydrogen-bond donors (Lipinski definition) is 0. The van der Waals surface area contributed by atoms with Crippen LogP contribution in [0, 0.1) is 11.3 Å². The highest BCUT2D eigenvalue weighted by Gasteiger charge is 2.55. The molecule has 4 heteroatoms. The van der Waals surface area contributed by atoms with Gasteiger partial charge >= 0.3 is 5.97 Å².